The Kier molecular flexibility index (Phi) is 2.58. The zero-order valence-corrected chi connectivity index (χ0v) is 10.3. The van der Waals surface area contributed by atoms with E-state index < -0.39 is 0 Å². The molecule has 0 aliphatic carbocycles. The standard InChI is InChI=1S/C11H9Cl2N3O/c12-7-2-1-3-8-9(7)10(17)16(11(13)15-8)6-4-14-5-6/h1-3,6,14H,4-5H2. The maximum absolute atomic E-state index is 12.3. The van der Waals surface area contributed by atoms with Gasteiger partial charge in [0.15, 0.2) is 0 Å². The van der Waals surface area contributed by atoms with Crippen molar-refractivity contribution in [2.24, 2.45) is 0 Å². The predicted molar refractivity (Wildman–Crippen MR) is 67.9 cm³/mol. The van der Waals surface area contributed by atoms with Gasteiger partial charge in [0, 0.05) is 13.1 Å². The molecule has 0 unspecified atom stereocenters. The molecule has 1 fully saturated rings. The van der Waals surface area contributed by atoms with Gasteiger partial charge in [-0.3, -0.25) is 9.36 Å². The van der Waals surface area contributed by atoms with Crippen LogP contribution in [0.3, 0.4) is 0 Å². The predicted octanol–water partition coefficient (Wildman–Crippen LogP) is 1.85. The molecule has 0 bridgehead atoms. The van der Waals surface area contributed by atoms with Gasteiger partial charge in [0.25, 0.3) is 5.56 Å². The fourth-order valence-corrected chi connectivity index (χ4v) is 2.50. The number of benzene rings is 1. The number of nitrogens with one attached hydrogen (secondary N) is 1. The quantitative estimate of drug-likeness (QED) is 0.804. The molecular formula is C11H9Cl2N3O. The Morgan fingerprint density at radius 1 is 1.35 bits per heavy atom. The lowest BCUT2D eigenvalue weighted by Gasteiger charge is -2.29. The third-order valence-electron chi connectivity index (χ3n) is 2.96. The molecule has 2 aromatic rings. The number of hydrogen-bond acceptors (Lipinski definition) is 3. The molecule has 17 heavy (non-hydrogen) atoms. The summed E-state index contributed by atoms with van der Waals surface area (Å²) in [5, 5.41) is 4.17. The summed E-state index contributed by atoms with van der Waals surface area (Å²) in [5.41, 5.74) is 0.369. The van der Waals surface area contributed by atoms with E-state index in [1.165, 1.54) is 4.57 Å². The van der Waals surface area contributed by atoms with Gasteiger partial charge in [-0.25, -0.2) is 4.98 Å². The van der Waals surface area contributed by atoms with Crippen molar-refractivity contribution < 1.29 is 0 Å². The highest BCUT2D eigenvalue weighted by Gasteiger charge is 2.24. The van der Waals surface area contributed by atoms with Gasteiger partial charge < -0.3 is 5.32 Å². The molecule has 1 N–H and O–H groups in total. The first kappa shape index (κ1) is 11.0. The molecular weight excluding hydrogens is 261 g/mol. The van der Waals surface area contributed by atoms with Gasteiger partial charge in [0.2, 0.25) is 5.28 Å². The van der Waals surface area contributed by atoms with Gasteiger partial charge >= 0.3 is 0 Å². The normalized spacial score (nSPS) is 16.1. The number of aromatic nitrogens is 2. The van der Waals surface area contributed by atoms with Crippen molar-refractivity contribution in [2.45, 2.75) is 6.04 Å². The van der Waals surface area contributed by atoms with E-state index in [0.717, 1.165) is 13.1 Å². The van der Waals surface area contributed by atoms with E-state index in [2.05, 4.69) is 10.3 Å². The van der Waals surface area contributed by atoms with Gasteiger partial charge in [0.05, 0.1) is 22.0 Å². The van der Waals surface area contributed by atoms with E-state index in [1.807, 2.05) is 0 Å². The Morgan fingerprint density at radius 3 is 2.76 bits per heavy atom. The Morgan fingerprint density at radius 2 is 2.12 bits per heavy atom. The third kappa shape index (κ3) is 1.64. The molecule has 1 aromatic carbocycles. The largest absolute Gasteiger partial charge is 0.313 e. The minimum absolute atomic E-state index is 0.0724. The van der Waals surface area contributed by atoms with Crippen molar-refractivity contribution >= 4 is 34.1 Å². The Hall–Kier alpha value is -1.10. The summed E-state index contributed by atoms with van der Waals surface area (Å²) in [6.45, 7) is 1.47. The number of hydrogen-bond donors (Lipinski definition) is 1. The highest BCUT2D eigenvalue weighted by molar-refractivity contribution is 6.35. The van der Waals surface area contributed by atoms with E-state index in [0.29, 0.717) is 15.9 Å². The topological polar surface area (TPSA) is 46.9 Å². The van der Waals surface area contributed by atoms with Crippen molar-refractivity contribution in [3.05, 3.63) is 38.9 Å². The molecule has 3 rings (SSSR count). The molecule has 4 nitrogen and oxygen atoms in total. The molecule has 1 aromatic heterocycles. The van der Waals surface area contributed by atoms with Crippen LogP contribution in [0, 0.1) is 0 Å². The molecule has 2 heterocycles. The minimum Gasteiger partial charge on any atom is -0.313 e. The summed E-state index contributed by atoms with van der Waals surface area (Å²) in [5.74, 6) is 0. The van der Waals surface area contributed by atoms with Crippen molar-refractivity contribution in [3.63, 3.8) is 0 Å². The second-order valence-corrected chi connectivity index (χ2v) is 4.75. The maximum atomic E-state index is 12.3. The Labute approximate surface area is 107 Å². The molecule has 0 saturated carbocycles. The summed E-state index contributed by atoms with van der Waals surface area (Å²) in [7, 11) is 0. The molecule has 88 valence electrons. The first-order valence-corrected chi connectivity index (χ1v) is 6.01. The van der Waals surface area contributed by atoms with Crippen LogP contribution in [0.15, 0.2) is 23.0 Å². The molecule has 6 heteroatoms. The molecule has 0 atom stereocenters. The average Bonchev–Trinajstić information content (AvgIpc) is 2.21. The molecule has 1 aliphatic rings. The maximum Gasteiger partial charge on any atom is 0.264 e. The minimum atomic E-state index is -0.169. The number of fused-ring (bicyclic) bond motifs is 1. The molecule has 0 spiro atoms. The van der Waals surface area contributed by atoms with Crippen LogP contribution >= 0.6 is 23.2 Å². The lowest BCUT2D eigenvalue weighted by molar-refractivity contribution is 0.335. The summed E-state index contributed by atoms with van der Waals surface area (Å²) in [4.78, 5) is 16.5. The van der Waals surface area contributed by atoms with Gasteiger partial charge in [-0.1, -0.05) is 17.7 Å². The SMILES string of the molecule is O=c1c2c(Cl)cccc2nc(Cl)n1C1CNC1. The zero-order chi connectivity index (χ0) is 12.0. The van der Waals surface area contributed by atoms with E-state index in [-0.39, 0.29) is 16.9 Å². The van der Waals surface area contributed by atoms with Crippen LogP contribution in [-0.4, -0.2) is 22.6 Å². The van der Waals surface area contributed by atoms with Crippen LogP contribution in [-0.2, 0) is 0 Å². The average molecular weight is 270 g/mol. The van der Waals surface area contributed by atoms with Gasteiger partial charge in [-0.2, -0.15) is 0 Å². The number of nitrogens with zero attached hydrogens (tertiary/aromatic N) is 2. The smallest absolute Gasteiger partial charge is 0.264 e. The fraction of sp³-hybridized carbons (Fsp3) is 0.273. The third-order valence-corrected chi connectivity index (χ3v) is 3.54. The fourth-order valence-electron chi connectivity index (χ4n) is 1.95. The number of rotatable bonds is 1. The molecule has 0 radical (unpaired) electrons. The van der Waals surface area contributed by atoms with Crippen LogP contribution in [0.1, 0.15) is 6.04 Å². The highest BCUT2D eigenvalue weighted by Crippen LogP contribution is 2.22. The summed E-state index contributed by atoms with van der Waals surface area (Å²) >= 11 is 12.1. The summed E-state index contributed by atoms with van der Waals surface area (Å²) in [6, 6.07) is 5.24. The second kappa shape index (κ2) is 3.98. The van der Waals surface area contributed by atoms with E-state index in [9.17, 15) is 4.79 Å². The lowest BCUT2D eigenvalue weighted by Crippen LogP contribution is -2.47. The molecule has 1 aliphatic heterocycles. The summed E-state index contributed by atoms with van der Waals surface area (Å²) < 4.78 is 1.51. The molecule has 0 amide bonds. The van der Waals surface area contributed by atoms with E-state index in [1.54, 1.807) is 18.2 Å². The zero-order valence-electron chi connectivity index (χ0n) is 8.78. The first-order chi connectivity index (χ1) is 8.18. The van der Waals surface area contributed by atoms with Gasteiger partial charge in [0.1, 0.15) is 0 Å². The van der Waals surface area contributed by atoms with Crippen molar-refractivity contribution in [3.8, 4) is 0 Å². The van der Waals surface area contributed by atoms with Crippen LogP contribution in [0.5, 0.6) is 0 Å². The van der Waals surface area contributed by atoms with Crippen LogP contribution in [0.25, 0.3) is 10.9 Å². The summed E-state index contributed by atoms with van der Waals surface area (Å²) in [6.07, 6.45) is 0. The molecule has 1 saturated heterocycles. The van der Waals surface area contributed by atoms with Crippen molar-refractivity contribution in [1.82, 2.24) is 14.9 Å². The Bertz CT molecular complexity index is 649. The van der Waals surface area contributed by atoms with Crippen LogP contribution in [0.2, 0.25) is 10.3 Å². The van der Waals surface area contributed by atoms with E-state index >= 15 is 0 Å². The first-order valence-electron chi connectivity index (χ1n) is 5.25. The van der Waals surface area contributed by atoms with Crippen LogP contribution < -0.4 is 10.9 Å². The monoisotopic (exact) mass is 269 g/mol. The van der Waals surface area contributed by atoms with Gasteiger partial charge in [-0.05, 0) is 23.7 Å². The lowest BCUT2D eigenvalue weighted by atomic mass is 10.1. The number of halogens is 2. The Balaban J connectivity index is 2.37. The van der Waals surface area contributed by atoms with E-state index in [4.69, 9.17) is 23.2 Å². The van der Waals surface area contributed by atoms with Crippen molar-refractivity contribution in [1.29, 1.82) is 0 Å². The highest BCUT2D eigenvalue weighted by atomic mass is 35.5. The van der Waals surface area contributed by atoms with Crippen LogP contribution in [0.4, 0.5) is 0 Å². The van der Waals surface area contributed by atoms with Gasteiger partial charge in [-0.15, -0.1) is 0 Å². The second-order valence-electron chi connectivity index (χ2n) is 4.00. The van der Waals surface area contributed by atoms with Crippen molar-refractivity contribution in [2.75, 3.05) is 13.1 Å².